The van der Waals surface area contributed by atoms with E-state index in [2.05, 4.69) is 48.6 Å². The third-order valence-corrected chi connectivity index (χ3v) is 5.70. The maximum absolute atomic E-state index is 13.1. The minimum Gasteiger partial charge on any atom is -0.356 e. The Morgan fingerprint density at radius 2 is 1.89 bits per heavy atom. The summed E-state index contributed by atoms with van der Waals surface area (Å²) in [6.07, 6.45) is 1.81. The average molecular weight is 379 g/mol. The van der Waals surface area contributed by atoms with Gasteiger partial charge in [-0.15, -0.1) is 0 Å². The highest BCUT2D eigenvalue weighted by atomic mass is 16.2. The summed E-state index contributed by atoms with van der Waals surface area (Å²) >= 11 is 0. The molecule has 148 valence electrons. The quantitative estimate of drug-likeness (QED) is 0.827. The molecule has 2 amide bonds. The van der Waals surface area contributed by atoms with Crippen LogP contribution < -0.4 is 5.32 Å². The lowest BCUT2D eigenvalue weighted by Crippen LogP contribution is -2.45. The van der Waals surface area contributed by atoms with E-state index >= 15 is 0 Å². The Bertz CT molecular complexity index is 861. The Balaban J connectivity index is 1.97. The molecule has 1 N–H and O–H groups in total. The smallest absolute Gasteiger partial charge is 0.228 e. The van der Waals surface area contributed by atoms with Gasteiger partial charge in [0.25, 0.3) is 0 Å². The predicted octanol–water partition coefficient (Wildman–Crippen LogP) is 3.97. The molecular formula is C24H30N2O2. The topological polar surface area (TPSA) is 49.4 Å². The van der Waals surface area contributed by atoms with Crippen molar-refractivity contribution in [1.82, 2.24) is 10.2 Å². The summed E-state index contributed by atoms with van der Waals surface area (Å²) in [4.78, 5) is 27.2. The van der Waals surface area contributed by atoms with E-state index in [1.54, 1.807) is 0 Å². The molecule has 0 spiro atoms. The Morgan fingerprint density at radius 1 is 1.11 bits per heavy atom. The second kappa shape index (κ2) is 8.59. The van der Waals surface area contributed by atoms with Gasteiger partial charge in [-0.2, -0.15) is 0 Å². The number of benzene rings is 2. The number of nitrogens with zero attached hydrogens (tertiary/aromatic N) is 1. The SMILES string of the molecule is CCNC(=O)C1(Cc2ccccc2-c2cccc(C)c2)CCN(C(=O)CC)C1. The third kappa shape index (κ3) is 4.11. The highest BCUT2D eigenvalue weighted by molar-refractivity contribution is 5.86. The van der Waals surface area contributed by atoms with Gasteiger partial charge in [0, 0.05) is 26.1 Å². The van der Waals surface area contributed by atoms with Gasteiger partial charge in [0.15, 0.2) is 0 Å². The Hall–Kier alpha value is -2.62. The van der Waals surface area contributed by atoms with Gasteiger partial charge in [0.05, 0.1) is 5.41 Å². The molecule has 28 heavy (non-hydrogen) atoms. The minimum absolute atomic E-state index is 0.0560. The zero-order valence-corrected chi connectivity index (χ0v) is 17.1. The molecule has 4 heteroatoms. The first-order valence-electron chi connectivity index (χ1n) is 10.2. The van der Waals surface area contributed by atoms with Crippen molar-refractivity contribution in [2.75, 3.05) is 19.6 Å². The molecule has 0 aromatic heterocycles. The van der Waals surface area contributed by atoms with Gasteiger partial charge in [-0.25, -0.2) is 0 Å². The summed E-state index contributed by atoms with van der Waals surface area (Å²) < 4.78 is 0. The largest absolute Gasteiger partial charge is 0.356 e. The van der Waals surface area contributed by atoms with Gasteiger partial charge in [0.1, 0.15) is 0 Å². The highest BCUT2D eigenvalue weighted by Crippen LogP contribution is 2.38. The number of rotatable bonds is 6. The molecule has 1 fully saturated rings. The first kappa shape index (κ1) is 20.1. The standard InChI is InChI=1S/C24H30N2O2/c1-4-22(27)26-14-13-24(17-26,23(28)25-5-2)16-20-10-6-7-12-21(20)19-11-8-9-18(3)15-19/h6-12,15H,4-5,13-14,16-17H2,1-3H3,(H,25,28). The van der Waals surface area contributed by atoms with Crippen molar-refractivity contribution in [1.29, 1.82) is 0 Å². The van der Waals surface area contributed by atoms with Crippen LogP contribution in [0.3, 0.4) is 0 Å². The second-order valence-electron chi connectivity index (χ2n) is 7.76. The van der Waals surface area contributed by atoms with Crippen LogP contribution in [0.15, 0.2) is 48.5 Å². The van der Waals surface area contributed by atoms with Crippen LogP contribution >= 0.6 is 0 Å². The van der Waals surface area contributed by atoms with E-state index in [4.69, 9.17) is 0 Å². The molecule has 0 aliphatic carbocycles. The van der Waals surface area contributed by atoms with E-state index in [0.717, 1.165) is 11.1 Å². The van der Waals surface area contributed by atoms with Crippen LogP contribution in [0.25, 0.3) is 11.1 Å². The molecule has 2 aromatic rings. The molecule has 1 heterocycles. The fourth-order valence-electron chi connectivity index (χ4n) is 4.20. The van der Waals surface area contributed by atoms with Gasteiger partial charge in [-0.05, 0) is 43.4 Å². The Labute approximate surface area is 167 Å². The van der Waals surface area contributed by atoms with Crippen LogP contribution in [0.1, 0.15) is 37.8 Å². The minimum atomic E-state index is -0.569. The maximum atomic E-state index is 13.1. The van der Waals surface area contributed by atoms with Gasteiger partial charge >= 0.3 is 0 Å². The van der Waals surface area contributed by atoms with E-state index in [-0.39, 0.29) is 11.8 Å². The van der Waals surface area contributed by atoms with Crippen LogP contribution in [0.2, 0.25) is 0 Å². The van der Waals surface area contributed by atoms with E-state index in [0.29, 0.717) is 38.9 Å². The summed E-state index contributed by atoms with van der Waals surface area (Å²) in [6, 6.07) is 16.8. The van der Waals surface area contributed by atoms with Crippen molar-refractivity contribution < 1.29 is 9.59 Å². The fourth-order valence-corrected chi connectivity index (χ4v) is 4.20. The van der Waals surface area contributed by atoms with Gasteiger partial charge in [-0.3, -0.25) is 9.59 Å². The molecule has 1 saturated heterocycles. The summed E-state index contributed by atoms with van der Waals surface area (Å²) in [6.45, 7) is 7.65. The highest BCUT2D eigenvalue weighted by Gasteiger charge is 2.45. The van der Waals surface area contributed by atoms with Gasteiger partial charge in [0.2, 0.25) is 11.8 Å². The Morgan fingerprint density at radius 3 is 2.61 bits per heavy atom. The van der Waals surface area contributed by atoms with E-state index in [1.165, 1.54) is 11.1 Å². The van der Waals surface area contributed by atoms with Crippen molar-refractivity contribution in [3.63, 3.8) is 0 Å². The van der Waals surface area contributed by atoms with E-state index in [9.17, 15) is 9.59 Å². The summed E-state index contributed by atoms with van der Waals surface area (Å²) in [5, 5.41) is 3.02. The van der Waals surface area contributed by atoms with Crippen LogP contribution in [0.4, 0.5) is 0 Å². The van der Waals surface area contributed by atoms with Crippen molar-refractivity contribution in [2.24, 2.45) is 5.41 Å². The molecule has 0 radical (unpaired) electrons. The van der Waals surface area contributed by atoms with E-state index < -0.39 is 5.41 Å². The van der Waals surface area contributed by atoms with Gasteiger partial charge < -0.3 is 10.2 Å². The molecule has 0 saturated carbocycles. The monoisotopic (exact) mass is 378 g/mol. The number of likely N-dealkylation sites (tertiary alicyclic amines) is 1. The molecule has 0 bridgehead atoms. The maximum Gasteiger partial charge on any atom is 0.228 e. The van der Waals surface area contributed by atoms with Crippen molar-refractivity contribution in [3.05, 3.63) is 59.7 Å². The molecule has 4 nitrogen and oxygen atoms in total. The molecule has 1 aliphatic heterocycles. The normalized spacial score (nSPS) is 18.9. The zero-order valence-electron chi connectivity index (χ0n) is 17.1. The zero-order chi connectivity index (χ0) is 20.1. The lowest BCUT2D eigenvalue weighted by Gasteiger charge is -2.29. The second-order valence-corrected chi connectivity index (χ2v) is 7.76. The molecular weight excluding hydrogens is 348 g/mol. The van der Waals surface area contributed by atoms with Gasteiger partial charge in [-0.1, -0.05) is 61.0 Å². The average Bonchev–Trinajstić information content (AvgIpc) is 3.13. The molecule has 2 aromatic carbocycles. The van der Waals surface area contributed by atoms with Crippen LogP contribution in [0.5, 0.6) is 0 Å². The van der Waals surface area contributed by atoms with Crippen molar-refractivity contribution >= 4 is 11.8 Å². The number of hydrogen-bond donors (Lipinski definition) is 1. The number of hydrogen-bond acceptors (Lipinski definition) is 2. The molecule has 3 rings (SSSR count). The number of nitrogens with one attached hydrogen (secondary N) is 1. The number of aryl methyl sites for hydroxylation is 1. The fraction of sp³-hybridized carbons (Fsp3) is 0.417. The van der Waals surface area contributed by atoms with Crippen LogP contribution in [-0.2, 0) is 16.0 Å². The van der Waals surface area contributed by atoms with E-state index in [1.807, 2.05) is 30.9 Å². The molecule has 1 aliphatic rings. The number of amides is 2. The number of carbonyl (C=O) groups excluding carboxylic acids is 2. The Kier molecular flexibility index (Phi) is 6.18. The van der Waals surface area contributed by atoms with Crippen molar-refractivity contribution in [3.8, 4) is 11.1 Å². The lowest BCUT2D eigenvalue weighted by atomic mass is 9.78. The summed E-state index contributed by atoms with van der Waals surface area (Å²) in [7, 11) is 0. The number of carbonyl (C=O) groups is 2. The first-order chi connectivity index (χ1) is 13.5. The van der Waals surface area contributed by atoms with Crippen molar-refractivity contribution in [2.45, 2.75) is 40.0 Å². The molecule has 1 unspecified atom stereocenters. The first-order valence-corrected chi connectivity index (χ1v) is 10.2. The third-order valence-electron chi connectivity index (χ3n) is 5.70. The predicted molar refractivity (Wildman–Crippen MR) is 113 cm³/mol. The lowest BCUT2D eigenvalue weighted by molar-refractivity contribution is -0.133. The van der Waals surface area contributed by atoms with Crippen LogP contribution in [-0.4, -0.2) is 36.3 Å². The summed E-state index contributed by atoms with van der Waals surface area (Å²) in [5.74, 6) is 0.179. The molecule has 1 atom stereocenters. The summed E-state index contributed by atoms with van der Waals surface area (Å²) in [5.41, 5.74) is 4.13. The van der Waals surface area contributed by atoms with Crippen LogP contribution in [0, 0.1) is 12.3 Å².